The molecule has 3 aromatic heterocycles. The molecule has 6 rings (SSSR count). The normalized spacial score (nSPS) is 14.8. The zero-order chi connectivity index (χ0) is 36.1. The average Bonchev–Trinajstić information content (AvgIpc) is 3.54. The summed E-state index contributed by atoms with van der Waals surface area (Å²) in [6.07, 6.45) is 3.00. The van der Waals surface area contributed by atoms with Crippen molar-refractivity contribution in [2.75, 3.05) is 20.2 Å². The first-order valence-electron chi connectivity index (χ1n) is 16.4. The smallest absolute Gasteiger partial charge is 0.306 e. The summed E-state index contributed by atoms with van der Waals surface area (Å²) >= 11 is 14.1. The van der Waals surface area contributed by atoms with Gasteiger partial charge in [-0.25, -0.2) is 9.97 Å². The Morgan fingerprint density at radius 1 is 1.00 bits per heavy atom. The molecule has 1 saturated heterocycles. The number of benzene rings is 2. The Morgan fingerprint density at radius 2 is 1.71 bits per heavy atom. The molecule has 1 unspecified atom stereocenters. The van der Waals surface area contributed by atoms with Crippen LogP contribution in [0.3, 0.4) is 0 Å². The van der Waals surface area contributed by atoms with Gasteiger partial charge in [-0.05, 0) is 30.2 Å². The number of carbonyl (C=O) groups is 2. The minimum absolute atomic E-state index is 0.0218. The third kappa shape index (κ3) is 8.22. The molecule has 0 aliphatic carbocycles. The van der Waals surface area contributed by atoms with Crippen LogP contribution in [0.5, 0.6) is 5.88 Å². The highest BCUT2D eigenvalue weighted by Gasteiger charge is 2.21. The second-order valence-corrected chi connectivity index (χ2v) is 13.0. The van der Waals surface area contributed by atoms with E-state index in [-0.39, 0.29) is 30.6 Å². The summed E-state index contributed by atoms with van der Waals surface area (Å²) in [6, 6.07) is 18.9. The number of aliphatic carboxylic acids is 1. The van der Waals surface area contributed by atoms with E-state index in [4.69, 9.17) is 38.0 Å². The molecule has 4 heterocycles. The Labute approximate surface area is 303 Å². The van der Waals surface area contributed by atoms with Crippen LogP contribution in [0, 0.1) is 0 Å². The summed E-state index contributed by atoms with van der Waals surface area (Å²) in [6.45, 7) is 1.32. The summed E-state index contributed by atoms with van der Waals surface area (Å²) in [5.41, 5.74) is 5.60. The Balaban J connectivity index is 1.22. The number of aliphatic hydroxyl groups excluding tert-OH is 1. The minimum atomic E-state index is -1.10. The summed E-state index contributed by atoms with van der Waals surface area (Å²) in [5, 5.41) is 28.8. The quantitative estimate of drug-likeness (QED) is 0.108. The molecule has 1 fully saturated rings. The second-order valence-electron chi connectivity index (χ2n) is 12.2. The van der Waals surface area contributed by atoms with E-state index >= 15 is 0 Å². The van der Waals surface area contributed by atoms with Gasteiger partial charge in [-0.3, -0.25) is 18.8 Å². The number of carbonyl (C=O) groups excluding carboxylic acids is 1. The van der Waals surface area contributed by atoms with Crippen LogP contribution in [0.4, 0.5) is 0 Å². The first kappa shape index (κ1) is 36.0. The van der Waals surface area contributed by atoms with Gasteiger partial charge >= 0.3 is 5.97 Å². The molecule has 51 heavy (non-hydrogen) atoms. The molecule has 0 saturated carbocycles. The molecule has 0 bridgehead atoms. The van der Waals surface area contributed by atoms with Crippen molar-refractivity contribution in [1.82, 2.24) is 30.3 Å². The lowest BCUT2D eigenvalue weighted by atomic mass is 9.97. The number of fused-ring (bicyclic) bond motifs is 1. The summed E-state index contributed by atoms with van der Waals surface area (Å²) in [4.78, 5) is 44.7. The number of amides is 1. The van der Waals surface area contributed by atoms with Gasteiger partial charge in [-0.2, -0.15) is 0 Å². The Hall–Kier alpha value is -4.85. The maximum absolute atomic E-state index is 13.1. The van der Waals surface area contributed by atoms with E-state index < -0.39 is 18.5 Å². The van der Waals surface area contributed by atoms with Gasteiger partial charge in [-0.15, -0.1) is 0 Å². The van der Waals surface area contributed by atoms with Gasteiger partial charge in [0.05, 0.1) is 35.4 Å². The monoisotopic (exact) mass is 730 g/mol. The van der Waals surface area contributed by atoms with Crippen LogP contribution in [0.15, 0.2) is 77.9 Å². The van der Waals surface area contributed by atoms with Gasteiger partial charge < -0.3 is 30.9 Å². The first-order chi connectivity index (χ1) is 24.6. The number of carboxylic acids is 1. The number of hydrogen-bond acceptors (Lipinski definition) is 9. The number of nitrogens with zero attached hydrogens (tertiary/aromatic N) is 3. The molecule has 14 heteroatoms. The zero-order valence-corrected chi connectivity index (χ0v) is 29.2. The van der Waals surface area contributed by atoms with Crippen molar-refractivity contribution >= 4 is 40.7 Å². The van der Waals surface area contributed by atoms with E-state index in [1.54, 1.807) is 25.4 Å². The Morgan fingerprint density at radius 3 is 2.41 bits per heavy atom. The molecule has 5 aromatic rings. The predicted octanol–water partition coefficient (Wildman–Crippen LogP) is 4.70. The van der Waals surface area contributed by atoms with Crippen LogP contribution in [0.1, 0.15) is 30.4 Å². The molecule has 1 amide bonds. The van der Waals surface area contributed by atoms with Gasteiger partial charge in [0.15, 0.2) is 0 Å². The van der Waals surface area contributed by atoms with E-state index in [9.17, 15) is 19.5 Å². The van der Waals surface area contributed by atoms with Crippen molar-refractivity contribution in [3.8, 4) is 39.4 Å². The summed E-state index contributed by atoms with van der Waals surface area (Å²) in [7, 11) is 1.57. The minimum Gasteiger partial charge on any atom is -0.481 e. The maximum atomic E-state index is 13.1. The van der Waals surface area contributed by atoms with E-state index in [1.165, 1.54) is 10.6 Å². The van der Waals surface area contributed by atoms with E-state index in [1.807, 2.05) is 48.5 Å². The van der Waals surface area contributed by atoms with Crippen molar-refractivity contribution in [2.24, 2.45) is 0 Å². The van der Waals surface area contributed by atoms with E-state index in [2.05, 4.69) is 20.9 Å². The lowest BCUT2D eigenvalue weighted by molar-refractivity contribution is -0.139. The van der Waals surface area contributed by atoms with Crippen molar-refractivity contribution < 1.29 is 24.5 Å². The molecular weight excluding hydrogens is 695 g/mol. The molecule has 1 aliphatic heterocycles. The largest absolute Gasteiger partial charge is 0.481 e. The number of carboxylic acid groups (broad SMARTS) is 1. The molecule has 12 nitrogen and oxygen atoms in total. The standard InChI is InChI=1S/C37H36Cl2N6O6/c1-51-36-22(16-40-19-24-9-11-32(47)43-24)8-10-30(44-36)29-7-3-6-28(35(29)39)27-5-2-4-26(34(27)38)21-12-13-45-31(14-21)42-18-23(37(45)50)17-41-20-25(46)15-33(48)49/h2-8,10,12-14,18,24-25,40-41,46H,9,11,15-17,19-20H2,1H3,(H,43,47)(H,48,49)/t24-,25?/m1/s1. The fraction of sp³-hybridized carbons (Fsp3) is 0.270. The topological polar surface area (TPSA) is 167 Å². The Kier molecular flexibility index (Phi) is 11.3. The van der Waals surface area contributed by atoms with E-state index in [0.717, 1.165) is 23.1 Å². The number of nitrogens with one attached hydrogen (secondary N) is 3. The number of halogens is 2. The summed E-state index contributed by atoms with van der Waals surface area (Å²) < 4.78 is 7.05. The van der Waals surface area contributed by atoms with E-state index in [0.29, 0.717) is 69.0 Å². The zero-order valence-electron chi connectivity index (χ0n) is 27.7. The fourth-order valence-electron chi connectivity index (χ4n) is 6.09. The predicted molar refractivity (Wildman–Crippen MR) is 195 cm³/mol. The van der Waals surface area contributed by atoms with Crippen molar-refractivity contribution in [1.29, 1.82) is 0 Å². The number of ether oxygens (including phenoxy) is 1. The number of aromatic nitrogens is 3. The molecule has 2 aromatic carbocycles. The van der Waals surface area contributed by atoms with Crippen LogP contribution >= 0.6 is 23.2 Å². The van der Waals surface area contributed by atoms with Crippen LogP contribution in [-0.4, -0.2) is 68.8 Å². The van der Waals surface area contributed by atoms with Crippen LogP contribution in [0.25, 0.3) is 39.2 Å². The number of methoxy groups -OCH3 is 1. The van der Waals surface area contributed by atoms with Crippen LogP contribution in [0.2, 0.25) is 10.0 Å². The van der Waals surface area contributed by atoms with Gasteiger partial charge in [0, 0.05) is 84.4 Å². The van der Waals surface area contributed by atoms with Gasteiger partial charge in [-0.1, -0.05) is 65.7 Å². The third-order valence-electron chi connectivity index (χ3n) is 8.68. The molecule has 264 valence electrons. The van der Waals surface area contributed by atoms with Crippen molar-refractivity contribution in [3.05, 3.63) is 105 Å². The van der Waals surface area contributed by atoms with Crippen LogP contribution < -0.4 is 26.2 Å². The van der Waals surface area contributed by atoms with Crippen molar-refractivity contribution in [2.45, 2.75) is 44.5 Å². The number of aliphatic hydroxyl groups is 1. The van der Waals surface area contributed by atoms with Gasteiger partial charge in [0.1, 0.15) is 5.65 Å². The lowest BCUT2D eigenvalue weighted by Crippen LogP contribution is -2.35. The number of hydrogen-bond donors (Lipinski definition) is 5. The number of rotatable bonds is 14. The second kappa shape index (κ2) is 16.0. The molecule has 0 spiro atoms. The Bertz CT molecular complexity index is 2160. The molecule has 1 aliphatic rings. The summed E-state index contributed by atoms with van der Waals surface area (Å²) in [5.74, 6) is -0.551. The number of pyridine rings is 2. The lowest BCUT2D eigenvalue weighted by Gasteiger charge is -2.16. The fourth-order valence-corrected chi connectivity index (χ4v) is 6.75. The SMILES string of the molecule is COc1nc(-c2cccc(-c3cccc(-c4ccn5c(=O)c(CNCC(O)CC(=O)O)cnc5c4)c3Cl)c2Cl)ccc1CNC[C@H]1CCC(=O)N1. The van der Waals surface area contributed by atoms with Gasteiger partial charge in [0.2, 0.25) is 11.8 Å². The highest BCUT2D eigenvalue weighted by molar-refractivity contribution is 6.39. The molecule has 5 N–H and O–H groups in total. The van der Waals surface area contributed by atoms with Crippen LogP contribution in [-0.2, 0) is 22.7 Å². The van der Waals surface area contributed by atoms with Gasteiger partial charge in [0.25, 0.3) is 5.56 Å². The highest BCUT2D eigenvalue weighted by atomic mass is 35.5. The molecule has 2 atom stereocenters. The molecule has 0 radical (unpaired) electrons. The third-order valence-corrected chi connectivity index (χ3v) is 9.50. The first-order valence-corrected chi connectivity index (χ1v) is 17.1. The molecular formula is C37H36Cl2N6O6. The highest BCUT2D eigenvalue weighted by Crippen LogP contribution is 2.42. The maximum Gasteiger partial charge on any atom is 0.306 e. The van der Waals surface area contributed by atoms with Crippen molar-refractivity contribution in [3.63, 3.8) is 0 Å². The average molecular weight is 732 g/mol.